The number of nitriles is 1. The number of amides is 1. The van der Waals surface area contributed by atoms with E-state index >= 15 is 0 Å². The van der Waals surface area contributed by atoms with Crippen molar-refractivity contribution in [3.05, 3.63) is 50.0 Å². The zero-order valence-electron chi connectivity index (χ0n) is 11.3. The Morgan fingerprint density at radius 1 is 1.50 bits per heavy atom. The lowest BCUT2D eigenvalue weighted by atomic mass is 10.0. The molecule has 1 amide bonds. The lowest BCUT2D eigenvalue weighted by Crippen LogP contribution is -2.05. The second-order valence-corrected chi connectivity index (χ2v) is 5.46. The maximum atomic E-state index is 12.2. The van der Waals surface area contributed by atoms with Gasteiger partial charge < -0.3 is 5.32 Å². The summed E-state index contributed by atoms with van der Waals surface area (Å²) in [5, 5.41) is 25.1. The van der Waals surface area contributed by atoms with E-state index in [9.17, 15) is 20.2 Å². The summed E-state index contributed by atoms with van der Waals surface area (Å²) in [5.74, 6) is -0.458. The van der Waals surface area contributed by atoms with Crippen molar-refractivity contribution in [3.8, 4) is 6.07 Å². The highest BCUT2D eigenvalue weighted by Gasteiger charge is 2.30. The third kappa shape index (κ3) is 2.13. The van der Waals surface area contributed by atoms with Crippen molar-refractivity contribution < 1.29 is 9.72 Å². The number of aromatic nitrogens is 1. The molecule has 22 heavy (non-hydrogen) atoms. The molecule has 0 spiro atoms. The van der Waals surface area contributed by atoms with Crippen LogP contribution in [-0.4, -0.2) is 15.8 Å². The summed E-state index contributed by atoms with van der Waals surface area (Å²) in [7, 11) is 0. The van der Waals surface area contributed by atoms with E-state index in [2.05, 4.69) is 10.3 Å². The van der Waals surface area contributed by atoms with Crippen LogP contribution in [0.5, 0.6) is 0 Å². The molecule has 8 heteroatoms. The molecule has 0 radical (unpaired) electrons. The fourth-order valence-corrected chi connectivity index (χ4v) is 2.99. The Balaban J connectivity index is 2.26. The molecular formula is C14H8N4O3S. The molecule has 0 saturated heterocycles. The lowest BCUT2D eigenvalue weighted by molar-refractivity contribution is -0.384. The van der Waals surface area contributed by atoms with Gasteiger partial charge in [-0.3, -0.25) is 14.9 Å². The van der Waals surface area contributed by atoms with Crippen LogP contribution in [0.2, 0.25) is 0 Å². The third-order valence-corrected chi connectivity index (χ3v) is 4.13. The summed E-state index contributed by atoms with van der Waals surface area (Å²) >= 11 is 1.25. The summed E-state index contributed by atoms with van der Waals surface area (Å²) < 4.78 is 0. The molecule has 1 aromatic heterocycles. The molecule has 0 unspecified atom stereocenters. The molecule has 1 aromatic carbocycles. The van der Waals surface area contributed by atoms with Gasteiger partial charge in [0.15, 0.2) is 0 Å². The average molecular weight is 312 g/mol. The number of rotatable bonds is 2. The number of thiazole rings is 1. The number of non-ortho nitro benzene ring substituents is 1. The van der Waals surface area contributed by atoms with E-state index in [0.29, 0.717) is 16.3 Å². The number of nitrogens with zero attached hydrogens (tertiary/aromatic N) is 3. The van der Waals surface area contributed by atoms with Crippen LogP contribution in [0.15, 0.2) is 23.6 Å². The number of allylic oxidation sites excluding steroid dienone is 1. The Morgan fingerprint density at radius 2 is 2.27 bits per heavy atom. The van der Waals surface area contributed by atoms with Crippen molar-refractivity contribution in [2.24, 2.45) is 0 Å². The summed E-state index contributed by atoms with van der Waals surface area (Å²) in [6.07, 6.45) is 0. The van der Waals surface area contributed by atoms with Gasteiger partial charge in [0.2, 0.25) is 0 Å². The van der Waals surface area contributed by atoms with E-state index in [4.69, 9.17) is 0 Å². The van der Waals surface area contributed by atoms with Crippen LogP contribution in [0.1, 0.15) is 16.3 Å². The van der Waals surface area contributed by atoms with Gasteiger partial charge in [-0.15, -0.1) is 11.3 Å². The van der Waals surface area contributed by atoms with Gasteiger partial charge in [-0.2, -0.15) is 5.26 Å². The molecule has 3 rings (SSSR count). The first-order chi connectivity index (χ1) is 10.5. The van der Waals surface area contributed by atoms with Crippen LogP contribution in [0.3, 0.4) is 0 Å². The molecule has 7 nitrogen and oxygen atoms in total. The predicted molar refractivity (Wildman–Crippen MR) is 81.0 cm³/mol. The summed E-state index contributed by atoms with van der Waals surface area (Å²) in [6.45, 7) is 1.78. The number of carbonyl (C=O) groups is 1. The minimum absolute atomic E-state index is 0.120. The maximum absolute atomic E-state index is 12.2. The highest BCUT2D eigenvalue weighted by molar-refractivity contribution is 7.11. The zero-order chi connectivity index (χ0) is 15.9. The minimum atomic E-state index is -0.541. The van der Waals surface area contributed by atoms with Crippen molar-refractivity contribution in [1.29, 1.82) is 5.26 Å². The van der Waals surface area contributed by atoms with Gasteiger partial charge in [0, 0.05) is 34.5 Å². The Hall–Kier alpha value is -3.05. The van der Waals surface area contributed by atoms with Gasteiger partial charge in [0.05, 0.1) is 10.5 Å². The second-order valence-electron chi connectivity index (χ2n) is 4.60. The third-order valence-electron chi connectivity index (χ3n) is 3.15. The summed E-state index contributed by atoms with van der Waals surface area (Å²) in [4.78, 5) is 26.8. The smallest absolute Gasteiger partial charge is 0.270 e. The first kappa shape index (κ1) is 13.9. The van der Waals surface area contributed by atoms with Gasteiger partial charge in [0.1, 0.15) is 16.6 Å². The van der Waals surface area contributed by atoms with E-state index in [0.717, 1.165) is 5.69 Å². The molecule has 1 aliphatic rings. The van der Waals surface area contributed by atoms with E-state index in [1.165, 1.54) is 29.5 Å². The standard InChI is InChI=1S/C14H8N4O3S/c1-7-6-22-14(16-7)10(5-15)12-9-4-8(18(20)21)2-3-11(9)17-13(12)19/h2-4,6H,1H3,(H,17,19)/b12-10-. The van der Waals surface area contributed by atoms with Crippen molar-refractivity contribution in [2.75, 3.05) is 5.32 Å². The number of nitro groups is 1. The highest BCUT2D eigenvalue weighted by Crippen LogP contribution is 2.39. The first-order valence-corrected chi connectivity index (χ1v) is 7.06. The fourth-order valence-electron chi connectivity index (χ4n) is 2.20. The normalized spacial score (nSPS) is 15.0. The number of aryl methyl sites for hydroxylation is 1. The number of nitro benzene ring substituents is 1. The Kier molecular flexibility index (Phi) is 3.19. The van der Waals surface area contributed by atoms with Gasteiger partial charge in [-0.1, -0.05) is 0 Å². The van der Waals surface area contributed by atoms with E-state index < -0.39 is 10.8 Å². The predicted octanol–water partition coefficient (Wildman–Crippen LogP) is 2.75. The monoisotopic (exact) mass is 312 g/mol. The molecular weight excluding hydrogens is 304 g/mol. The number of benzene rings is 1. The van der Waals surface area contributed by atoms with Crippen molar-refractivity contribution >= 4 is 39.8 Å². The van der Waals surface area contributed by atoms with E-state index in [-0.39, 0.29) is 16.8 Å². The number of fused-ring (bicyclic) bond motifs is 1. The van der Waals surface area contributed by atoms with Gasteiger partial charge in [-0.05, 0) is 13.0 Å². The first-order valence-electron chi connectivity index (χ1n) is 6.18. The molecule has 0 fully saturated rings. The van der Waals surface area contributed by atoms with Crippen molar-refractivity contribution in [2.45, 2.75) is 6.92 Å². The molecule has 1 aliphatic heterocycles. The largest absolute Gasteiger partial charge is 0.321 e. The molecule has 0 aliphatic carbocycles. The molecule has 0 saturated carbocycles. The molecule has 0 bridgehead atoms. The molecule has 0 atom stereocenters. The van der Waals surface area contributed by atoms with Crippen LogP contribution in [0, 0.1) is 28.4 Å². The van der Waals surface area contributed by atoms with Gasteiger partial charge >= 0.3 is 0 Å². The maximum Gasteiger partial charge on any atom is 0.270 e. The Labute approximate surface area is 128 Å². The van der Waals surface area contributed by atoms with Crippen LogP contribution in [0.25, 0.3) is 11.1 Å². The van der Waals surface area contributed by atoms with Gasteiger partial charge in [0.25, 0.3) is 11.6 Å². The zero-order valence-corrected chi connectivity index (χ0v) is 12.1. The number of hydrogen-bond donors (Lipinski definition) is 1. The van der Waals surface area contributed by atoms with Crippen LogP contribution in [-0.2, 0) is 4.79 Å². The van der Waals surface area contributed by atoms with Crippen molar-refractivity contribution in [3.63, 3.8) is 0 Å². The molecule has 108 valence electrons. The second kappa shape index (κ2) is 5.05. The average Bonchev–Trinajstić information content (AvgIpc) is 3.04. The quantitative estimate of drug-likeness (QED) is 0.397. The van der Waals surface area contributed by atoms with E-state index in [1.54, 1.807) is 12.3 Å². The number of nitrogens with one attached hydrogen (secondary N) is 1. The highest BCUT2D eigenvalue weighted by atomic mass is 32.1. The fraction of sp³-hybridized carbons (Fsp3) is 0.0714. The molecule has 2 heterocycles. The topological polar surface area (TPSA) is 109 Å². The number of hydrogen-bond acceptors (Lipinski definition) is 6. The number of carbonyl (C=O) groups excluding carboxylic acids is 1. The minimum Gasteiger partial charge on any atom is -0.321 e. The SMILES string of the molecule is Cc1csc(/C(C#N)=C2\C(=O)Nc3ccc([N+](=O)[O-])cc32)n1. The molecule has 2 aromatic rings. The Morgan fingerprint density at radius 3 is 2.86 bits per heavy atom. The summed E-state index contributed by atoms with van der Waals surface area (Å²) in [5.41, 5.74) is 1.65. The van der Waals surface area contributed by atoms with Crippen molar-refractivity contribution in [1.82, 2.24) is 4.98 Å². The number of anilines is 1. The van der Waals surface area contributed by atoms with E-state index in [1.807, 2.05) is 6.07 Å². The summed E-state index contributed by atoms with van der Waals surface area (Å²) in [6, 6.07) is 6.05. The van der Waals surface area contributed by atoms with Crippen LogP contribution in [0.4, 0.5) is 11.4 Å². The Bertz CT molecular complexity index is 892. The van der Waals surface area contributed by atoms with Crippen LogP contribution >= 0.6 is 11.3 Å². The van der Waals surface area contributed by atoms with Crippen LogP contribution < -0.4 is 5.32 Å². The molecule has 1 N–H and O–H groups in total. The lowest BCUT2D eigenvalue weighted by Gasteiger charge is -2.00. The van der Waals surface area contributed by atoms with Gasteiger partial charge in [-0.25, -0.2) is 4.98 Å².